The number of benzene rings is 2. The molecule has 0 saturated heterocycles. The molecule has 3 aromatic rings. The first-order chi connectivity index (χ1) is 14.0. The second kappa shape index (κ2) is 8.09. The van der Waals surface area contributed by atoms with Crippen molar-refractivity contribution in [2.75, 3.05) is 11.4 Å². The third-order valence-electron chi connectivity index (χ3n) is 4.88. The lowest BCUT2D eigenvalue weighted by Gasteiger charge is -2.30. The van der Waals surface area contributed by atoms with Crippen LogP contribution in [-0.4, -0.2) is 23.5 Å². The van der Waals surface area contributed by atoms with E-state index in [1.807, 2.05) is 18.2 Å². The van der Waals surface area contributed by atoms with Crippen molar-refractivity contribution in [2.45, 2.75) is 26.3 Å². The van der Waals surface area contributed by atoms with Crippen molar-refractivity contribution in [1.29, 1.82) is 0 Å². The topological polar surface area (TPSA) is 75.4 Å². The summed E-state index contributed by atoms with van der Waals surface area (Å²) in [7, 11) is 0. The number of nitrogens with zero attached hydrogens (tertiary/aromatic N) is 2. The van der Waals surface area contributed by atoms with Crippen LogP contribution in [0.3, 0.4) is 0 Å². The van der Waals surface area contributed by atoms with Crippen LogP contribution >= 0.6 is 11.6 Å². The van der Waals surface area contributed by atoms with Crippen LogP contribution < -0.4 is 10.2 Å². The van der Waals surface area contributed by atoms with E-state index < -0.39 is 0 Å². The van der Waals surface area contributed by atoms with E-state index in [0.29, 0.717) is 29.4 Å². The zero-order valence-electron chi connectivity index (χ0n) is 15.9. The fraction of sp³-hybridized carbons (Fsp3) is 0.227. The molecule has 148 valence electrons. The summed E-state index contributed by atoms with van der Waals surface area (Å²) in [6, 6.07) is 14.5. The van der Waals surface area contributed by atoms with Crippen molar-refractivity contribution >= 4 is 29.1 Å². The van der Waals surface area contributed by atoms with Gasteiger partial charge in [0.1, 0.15) is 0 Å². The quantitative estimate of drug-likeness (QED) is 0.702. The maximum absolute atomic E-state index is 13.0. The second-order valence-electron chi connectivity index (χ2n) is 7.05. The molecule has 1 aromatic heterocycles. The lowest BCUT2D eigenvalue weighted by molar-refractivity contribution is 0.0913. The normalized spacial score (nSPS) is 13.1. The SMILES string of the molecule is Cc1cc(C(=O)NCc2ccc3c(c2)CCCN3C(=O)c2cccc(Cl)c2)on1. The maximum Gasteiger partial charge on any atom is 0.290 e. The molecule has 4 rings (SSSR count). The molecular weight excluding hydrogens is 390 g/mol. The Labute approximate surface area is 173 Å². The summed E-state index contributed by atoms with van der Waals surface area (Å²) in [6.07, 6.45) is 1.77. The Morgan fingerprint density at radius 2 is 2.07 bits per heavy atom. The number of hydrogen-bond acceptors (Lipinski definition) is 4. The average Bonchev–Trinajstić information content (AvgIpc) is 3.17. The summed E-state index contributed by atoms with van der Waals surface area (Å²) in [4.78, 5) is 26.9. The Morgan fingerprint density at radius 1 is 1.21 bits per heavy atom. The number of anilines is 1. The van der Waals surface area contributed by atoms with Gasteiger partial charge < -0.3 is 14.7 Å². The van der Waals surface area contributed by atoms with E-state index in [-0.39, 0.29) is 17.6 Å². The van der Waals surface area contributed by atoms with Gasteiger partial charge in [-0.2, -0.15) is 0 Å². The van der Waals surface area contributed by atoms with Crippen LogP contribution in [0.15, 0.2) is 53.1 Å². The number of carbonyl (C=O) groups is 2. The van der Waals surface area contributed by atoms with Crippen LogP contribution in [0.25, 0.3) is 0 Å². The first-order valence-electron chi connectivity index (χ1n) is 9.42. The fourth-order valence-electron chi connectivity index (χ4n) is 3.49. The number of rotatable bonds is 4. The van der Waals surface area contributed by atoms with Crippen LogP contribution in [0, 0.1) is 6.92 Å². The second-order valence-corrected chi connectivity index (χ2v) is 7.49. The summed E-state index contributed by atoms with van der Waals surface area (Å²) in [6.45, 7) is 2.80. The van der Waals surface area contributed by atoms with Gasteiger partial charge in [0.2, 0.25) is 5.76 Å². The molecule has 2 heterocycles. The number of nitrogens with one attached hydrogen (secondary N) is 1. The highest BCUT2D eigenvalue weighted by Crippen LogP contribution is 2.30. The monoisotopic (exact) mass is 409 g/mol. The first-order valence-corrected chi connectivity index (χ1v) is 9.80. The van der Waals surface area contributed by atoms with Gasteiger partial charge in [-0.3, -0.25) is 9.59 Å². The predicted octanol–water partition coefficient (Wildman–Crippen LogP) is 4.16. The van der Waals surface area contributed by atoms with Gasteiger partial charge in [0.15, 0.2) is 0 Å². The lowest BCUT2D eigenvalue weighted by atomic mass is 9.98. The Balaban J connectivity index is 1.49. The molecule has 0 atom stereocenters. The van der Waals surface area contributed by atoms with Crippen molar-refractivity contribution in [3.63, 3.8) is 0 Å². The Kier molecular flexibility index (Phi) is 5.36. The van der Waals surface area contributed by atoms with E-state index in [1.54, 1.807) is 42.2 Å². The predicted molar refractivity (Wildman–Crippen MR) is 110 cm³/mol. The standard InChI is InChI=1S/C22H20ClN3O3/c1-14-10-20(29-25-14)21(27)24-13-15-7-8-19-16(11-15)5-3-9-26(19)22(28)17-4-2-6-18(23)12-17/h2,4,6-8,10-12H,3,5,9,13H2,1H3,(H,24,27). The summed E-state index contributed by atoms with van der Waals surface area (Å²) < 4.78 is 4.98. The van der Waals surface area contributed by atoms with Crippen LogP contribution in [0.4, 0.5) is 5.69 Å². The molecule has 6 nitrogen and oxygen atoms in total. The van der Waals surface area contributed by atoms with E-state index in [9.17, 15) is 9.59 Å². The minimum atomic E-state index is -0.305. The first kappa shape index (κ1) is 19.2. The zero-order chi connectivity index (χ0) is 20.4. The molecule has 0 aliphatic carbocycles. The lowest BCUT2D eigenvalue weighted by Crippen LogP contribution is -2.35. The van der Waals surface area contributed by atoms with Gasteiger partial charge in [0.25, 0.3) is 11.8 Å². The highest BCUT2D eigenvalue weighted by Gasteiger charge is 2.24. The minimum Gasteiger partial charge on any atom is -0.351 e. The molecule has 2 amide bonds. The molecule has 0 unspecified atom stereocenters. The fourth-order valence-corrected chi connectivity index (χ4v) is 3.68. The van der Waals surface area contributed by atoms with Gasteiger partial charge in [-0.05, 0) is 55.2 Å². The van der Waals surface area contributed by atoms with E-state index in [1.165, 1.54) is 0 Å². The molecule has 0 saturated carbocycles. The molecular formula is C22H20ClN3O3. The third kappa shape index (κ3) is 4.17. The van der Waals surface area contributed by atoms with Crippen LogP contribution in [0.2, 0.25) is 5.02 Å². The summed E-state index contributed by atoms with van der Waals surface area (Å²) in [5.74, 6) is -0.171. The van der Waals surface area contributed by atoms with Crippen molar-refractivity contribution in [1.82, 2.24) is 10.5 Å². The molecule has 1 aliphatic rings. The Morgan fingerprint density at radius 3 is 2.83 bits per heavy atom. The van der Waals surface area contributed by atoms with Crippen molar-refractivity contribution in [3.8, 4) is 0 Å². The largest absolute Gasteiger partial charge is 0.351 e. The molecule has 29 heavy (non-hydrogen) atoms. The minimum absolute atomic E-state index is 0.0600. The van der Waals surface area contributed by atoms with Crippen LogP contribution in [0.1, 0.15) is 44.2 Å². The van der Waals surface area contributed by atoms with Gasteiger partial charge in [-0.15, -0.1) is 0 Å². The number of halogens is 1. The van der Waals surface area contributed by atoms with Crippen LogP contribution in [-0.2, 0) is 13.0 Å². The van der Waals surface area contributed by atoms with E-state index in [2.05, 4.69) is 10.5 Å². The van der Waals surface area contributed by atoms with Crippen molar-refractivity contribution < 1.29 is 14.1 Å². The van der Waals surface area contributed by atoms with E-state index >= 15 is 0 Å². The Bertz CT molecular complexity index is 1080. The highest BCUT2D eigenvalue weighted by molar-refractivity contribution is 6.31. The number of hydrogen-bond donors (Lipinski definition) is 1. The van der Waals surface area contributed by atoms with Gasteiger partial charge in [0, 0.05) is 35.4 Å². The number of aryl methyl sites for hydroxylation is 2. The highest BCUT2D eigenvalue weighted by atomic mass is 35.5. The number of aromatic nitrogens is 1. The molecule has 0 radical (unpaired) electrons. The van der Waals surface area contributed by atoms with Gasteiger partial charge in [-0.25, -0.2) is 0 Å². The molecule has 0 spiro atoms. The van der Waals surface area contributed by atoms with Crippen molar-refractivity contribution in [3.05, 3.63) is 81.7 Å². The number of carbonyl (C=O) groups excluding carboxylic acids is 2. The Hall–Kier alpha value is -3.12. The summed E-state index contributed by atoms with van der Waals surface area (Å²) in [5.41, 5.74) is 4.19. The van der Waals surface area contributed by atoms with Gasteiger partial charge >= 0.3 is 0 Å². The molecule has 7 heteroatoms. The van der Waals surface area contributed by atoms with Gasteiger partial charge in [0.05, 0.1) is 5.69 Å². The van der Waals surface area contributed by atoms with Crippen LogP contribution in [0.5, 0.6) is 0 Å². The van der Waals surface area contributed by atoms with Gasteiger partial charge in [-0.1, -0.05) is 35.0 Å². The van der Waals surface area contributed by atoms with E-state index in [0.717, 1.165) is 29.7 Å². The van der Waals surface area contributed by atoms with Crippen molar-refractivity contribution in [2.24, 2.45) is 0 Å². The third-order valence-corrected chi connectivity index (χ3v) is 5.12. The maximum atomic E-state index is 13.0. The molecule has 1 aliphatic heterocycles. The number of fused-ring (bicyclic) bond motifs is 1. The molecule has 2 aromatic carbocycles. The molecule has 0 fully saturated rings. The molecule has 0 bridgehead atoms. The number of amides is 2. The van der Waals surface area contributed by atoms with E-state index in [4.69, 9.17) is 16.1 Å². The zero-order valence-corrected chi connectivity index (χ0v) is 16.7. The summed E-state index contributed by atoms with van der Waals surface area (Å²) in [5, 5.41) is 7.10. The smallest absolute Gasteiger partial charge is 0.290 e. The molecule has 1 N–H and O–H groups in total. The average molecular weight is 410 g/mol. The summed E-state index contributed by atoms with van der Waals surface area (Å²) >= 11 is 6.04.